The van der Waals surface area contributed by atoms with Crippen LogP contribution in [0.5, 0.6) is 0 Å². The number of nitrogens with zero attached hydrogens (tertiary/aromatic N) is 2. The number of nitrogens with one attached hydrogen (secondary N) is 1. The number of ether oxygens (including phenoxy) is 1. The quantitative estimate of drug-likeness (QED) is 0.469. The van der Waals surface area contributed by atoms with E-state index in [1.807, 2.05) is 18.0 Å². The number of hydrogen-bond acceptors (Lipinski definition) is 5. The molecule has 0 amide bonds. The second-order valence-corrected chi connectivity index (χ2v) is 9.16. The topological polar surface area (TPSA) is 99.2 Å². The average Bonchev–Trinajstić information content (AvgIpc) is 2.67. The highest BCUT2D eigenvalue weighted by atomic mass is 32.2. The van der Waals surface area contributed by atoms with E-state index in [1.165, 1.54) is 4.31 Å². The number of anilines is 1. The summed E-state index contributed by atoms with van der Waals surface area (Å²) in [5.41, 5.74) is 0.569. The summed E-state index contributed by atoms with van der Waals surface area (Å²) < 4.78 is 34.9. The van der Waals surface area contributed by atoms with Crippen LogP contribution in [0.2, 0.25) is 0 Å². The number of unbranched alkanes of at least 4 members (excludes halogenated alkanes) is 3. The lowest BCUT2D eigenvalue weighted by atomic mass is 10.1. The number of para-hydroxylation sites is 1. The smallest absolute Gasteiger partial charge is 0.317 e. The number of likely N-dealkylation sites (N-methyl/N-ethyl adjacent to an activating group) is 1. The monoisotopic (exact) mass is 427 g/mol. The highest BCUT2D eigenvalue weighted by molar-refractivity contribution is 7.90. The van der Waals surface area contributed by atoms with Crippen molar-refractivity contribution in [2.45, 2.75) is 44.6 Å². The van der Waals surface area contributed by atoms with Crippen molar-refractivity contribution in [1.82, 2.24) is 9.21 Å². The van der Waals surface area contributed by atoms with Gasteiger partial charge in [0.15, 0.2) is 0 Å². The SMILES string of the molecule is CN(CCCCCCOC1CCN(S(=O)(=O)Nc2ccccc2)CC1)CC(=O)O. The number of piperidine rings is 1. The molecule has 2 N–H and O–H groups in total. The van der Waals surface area contributed by atoms with Crippen LogP contribution in [0.15, 0.2) is 30.3 Å². The molecule has 2 rings (SSSR count). The van der Waals surface area contributed by atoms with Gasteiger partial charge in [-0.1, -0.05) is 31.0 Å². The third-order valence-electron chi connectivity index (χ3n) is 4.95. The second-order valence-electron chi connectivity index (χ2n) is 7.49. The van der Waals surface area contributed by atoms with E-state index in [0.29, 0.717) is 38.2 Å². The van der Waals surface area contributed by atoms with E-state index in [2.05, 4.69) is 4.72 Å². The zero-order valence-electron chi connectivity index (χ0n) is 17.1. The average molecular weight is 428 g/mol. The molecule has 0 aliphatic carbocycles. The van der Waals surface area contributed by atoms with Crippen LogP contribution in [0.1, 0.15) is 38.5 Å². The maximum absolute atomic E-state index is 12.5. The van der Waals surface area contributed by atoms with Gasteiger partial charge in [-0.15, -0.1) is 0 Å². The van der Waals surface area contributed by atoms with Crippen LogP contribution in [-0.4, -0.2) is 74.6 Å². The number of rotatable bonds is 13. The molecule has 0 spiro atoms. The fraction of sp³-hybridized carbons (Fsp3) is 0.650. The first kappa shape index (κ1) is 23.6. The van der Waals surface area contributed by atoms with Crippen molar-refractivity contribution < 1.29 is 23.1 Å². The molecule has 0 saturated carbocycles. The molecule has 1 aliphatic rings. The number of carboxylic acid groups (broad SMARTS) is 1. The Morgan fingerprint density at radius 3 is 2.48 bits per heavy atom. The van der Waals surface area contributed by atoms with E-state index in [9.17, 15) is 13.2 Å². The van der Waals surface area contributed by atoms with Crippen LogP contribution in [0.4, 0.5) is 5.69 Å². The van der Waals surface area contributed by atoms with Crippen molar-refractivity contribution in [3.8, 4) is 0 Å². The van der Waals surface area contributed by atoms with Crippen molar-refractivity contribution in [1.29, 1.82) is 0 Å². The maximum atomic E-state index is 12.5. The Labute approximate surface area is 174 Å². The summed E-state index contributed by atoms with van der Waals surface area (Å²) in [7, 11) is -1.70. The molecule has 164 valence electrons. The highest BCUT2D eigenvalue weighted by Gasteiger charge is 2.28. The molecule has 8 nitrogen and oxygen atoms in total. The lowest BCUT2D eigenvalue weighted by molar-refractivity contribution is -0.137. The molecular formula is C20H33N3O5S. The van der Waals surface area contributed by atoms with Crippen LogP contribution >= 0.6 is 0 Å². The van der Waals surface area contributed by atoms with Crippen LogP contribution in [0, 0.1) is 0 Å². The summed E-state index contributed by atoms with van der Waals surface area (Å²) in [5.74, 6) is -0.796. The summed E-state index contributed by atoms with van der Waals surface area (Å²) in [4.78, 5) is 12.4. The molecule has 1 heterocycles. The number of benzene rings is 1. The van der Waals surface area contributed by atoms with Crippen molar-refractivity contribution >= 4 is 21.9 Å². The molecule has 1 saturated heterocycles. The summed E-state index contributed by atoms with van der Waals surface area (Å²) in [6.45, 7) is 2.48. The number of carboxylic acids is 1. The van der Waals surface area contributed by atoms with E-state index >= 15 is 0 Å². The normalized spacial score (nSPS) is 16.2. The molecule has 0 bridgehead atoms. The van der Waals surface area contributed by atoms with Gasteiger partial charge in [-0.05, 0) is 51.4 Å². The van der Waals surface area contributed by atoms with Crippen LogP contribution in [0.3, 0.4) is 0 Å². The fourth-order valence-corrected chi connectivity index (χ4v) is 4.61. The first-order valence-electron chi connectivity index (χ1n) is 10.2. The summed E-state index contributed by atoms with van der Waals surface area (Å²) in [6, 6.07) is 8.91. The minimum absolute atomic E-state index is 0.0817. The van der Waals surface area contributed by atoms with Crippen molar-refractivity contribution in [2.24, 2.45) is 0 Å². The standard InChI is InChI=1S/C20H33N3O5S/c1-22(17-20(24)25)13-7-2-3-8-16-28-19-11-14-23(15-12-19)29(26,27)21-18-9-5-4-6-10-18/h4-6,9-10,19,21H,2-3,7-8,11-17H2,1H3,(H,24,25). The largest absolute Gasteiger partial charge is 0.480 e. The molecule has 0 radical (unpaired) electrons. The molecule has 1 aromatic carbocycles. The predicted molar refractivity (Wildman–Crippen MR) is 113 cm³/mol. The van der Waals surface area contributed by atoms with E-state index in [0.717, 1.165) is 32.2 Å². The minimum Gasteiger partial charge on any atom is -0.480 e. The number of hydrogen-bond donors (Lipinski definition) is 2. The molecule has 1 aliphatic heterocycles. The molecule has 1 fully saturated rings. The molecule has 1 aromatic rings. The van der Waals surface area contributed by atoms with Crippen molar-refractivity contribution in [3.05, 3.63) is 30.3 Å². The number of carbonyl (C=O) groups is 1. The van der Waals surface area contributed by atoms with E-state index < -0.39 is 16.2 Å². The van der Waals surface area contributed by atoms with Gasteiger partial charge in [0.25, 0.3) is 0 Å². The van der Waals surface area contributed by atoms with Gasteiger partial charge in [0.1, 0.15) is 0 Å². The van der Waals surface area contributed by atoms with Crippen molar-refractivity contribution in [2.75, 3.05) is 44.6 Å². The van der Waals surface area contributed by atoms with E-state index in [-0.39, 0.29) is 12.6 Å². The lowest BCUT2D eigenvalue weighted by Crippen LogP contribution is -2.43. The van der Waals surface area contributed by atoms with Crippen LogP contribution in [0.25, 0.3) is 0 Å². The third kappa shape index (κ3) is 9.12. The number of aliphatic carboxylic acids is 1. The maximum Gasteiger partial charge on any atom is 0.317 e. The summed E-state index contributed by atoms with van der Waals surface area (Å²) in [6.07, 6.45) is 5.57. The Morgan fingerprint density at radius 1 is 1.17 bits per heavy atom. The second kappa shape index (κ2) is 12.1. The highest BCUT2D eigenvalue weighted by Crippen LogP contribution is 2.19. The van der Waals surface area contributed by atoms with Gasteiger partial charge in [-0.3, -0.25) is 14.4 Å². The predicted octanol–water partition coefficient (Wildman–Crippen LogP) is 2.40. The van der Waals surface area contributed by atoms with Gasteiger partial charge >= 0.3 is 16.2 Å². The molecule has 29 heavy (non-hydrogen) atoms. The Morgan fingerprint density at radius 2 is 1.83 bits per heavy atom. The fourth-order valence-electron chi connectivity index (χ4n) is 3.36. The van der Waals surface area contributed by atoms with E-state index in [4.69, 9.17) is 9.84 Å². The van der Waals surface area contributed by atoms with Gasteiger partial charge in [0, 0.05) is 25.4 Å². The van der Waals surface area contributed by atoms with Crippen molar-refractivity contribution in [3.63, 3.8) is 0 Å². The Hall–Kier alpha value is -1.68. The Bertz CT molecular complexity index is 706. The molecule has 0 unspecified atom stereocenters. The van der Waals surface area contributed by atoms with Gasteiger partial charge in [-0.2, -0.15) is 12.7 Å². The van der Waals surface area contributed by atoms with Gasteiger partial charge < -0.3 is 9.84 Å². The summed E-state index contributed by atoms with van der Waals surface area (Å²) in [5, 5.41) is 8.71. The Balaban J connectivity index is 1.55. The van der Waals surface area contributed by atoms with Gasteiger partial charge in [0.2, 0.25) is 0 Å². The first-order valence-corrected chi connectivity index (χ1v) is 11.7. The van der Waals surface area contributed by atoms with Crippen LogP contribution in [-0.2, 0) is 19.7 Å². The van der Waals surface area contributed by atoms with Crippen LogP contribution < -0.4 is 4.72 Å². The zero-order chi connectivity index (χ0) is 21.1. The van der Waals surface area contributed by atoms with Gasteiger partial charge in [-0.25, -0.2) is 0 Å². The Kier molecular flexibility index (Phi) is 9.86. The van der Waals surface area contributed by atoms with Gasteiger partial charge in [0.05, 0.1) is 12.6 Å². The first-order chi connectivity index (χ1) is 13.9. The molecule has 9 heteroatoms. The third-order valence-corrected chi connectivity index (χ3v) is 6.49. The molecule has 0 aromatic heterocycles. The molecule has 0 atom stereocenters. The minimum atomic E-state index is -3.52. The van der Waals surface area contributed by atoms with E-state index in [1.54, 1.807) is 24.3 Å². The molecular weight excluding hydrogens is 394 g/mol. The zero-order valence-corrected chi connectivity index (χ0v) is 17.9. The summed E-state index contributed by atoms with van der Waals surface area (Å²) >= 11 is 0. The lowest BCUT2D eigenvalue weighted by Gasteiger charge is -2.31.